The molecule has 1 N–H and O–H groups in total. The molecule has 0 aromatic carbocycles. The third-order valence-electron chi connectivity index (χ3n) is 5.44. The first-order valence-corrected chi connectivity index (χ1v) is 10.6. The quantitative estimate of drug-likeness (QED) is 0.365. The Bertz CT molecular complexity index is 582. The number of ether oxygens (including phenoxy) is 1. The smallest absolute Gasteiger partial charge is 0.193 e. The number of piperidine rings is 1. The second-order valence-electron chi connectivity index (χ2n) is 7.62. The maximum absolute atomic E-state index is 5.49. The number of rotatable bonds is 6. The molecule has 2 aliphatic rings. The van der Waals surface area contributed by atoms with Crippen molar-refractivity contribution in [2.45, 2.75) is 32.7 Å². The fourth-order valence-corrected chi connectivity index (χ4v) is 4.48. The summed E-state index contributed by atoms with van der Waals surface area (Å²) in [4.78, 5) is 13.8. The zero-order valence-electron chi connectivity index (χ0n) is 16.8. The van der Waals surface area contributed by atoms with E-state index in [4.69, 9.17) is 4.74 Å². The highest BCUT2D eigenvalue weighted by Crippen LogP contribution is 2.19. The van der Waals surface area contributed by atoms with E-state index in [9.17, 15) is 0 Å². The third-order valence-corrected chi connectivity index (χ3v) is 6.26. The summed E-state index contributed by atoms with van der Waals surface area (Å²) in [6.45, 7) is 9.23. The molecule has 6 nitrogen and oxygen atoms in total. The van der Waals surface area contributed by atoms with Crippen molar-refractivity contribution in [2.75, 3.05) is 53.5 Å². The molecule has 0 radical (unpaired) electrons. The van der Waals surface area contributed by atoms with Gasteiger partial charge in [-0.3, -0.25) is 9.89 Å². The van der Waals surface area contributed by atoms with Crippen LogP contribution in [0.3, 0.4) is 0 Å². The van der Waals surface area contributed by atoms with Crippen molar-refractivity contribution in [3.63, 3.8) is 0 Å². The molecule has 0 saturated carbocycles. The number of nitrogens with zero attached hydrogens (tertiary/aromatic N) is 4. The minimum Gasteiger partial charge on any atom is -0.381 e. The molecule has 2 aliphatic heterocycles. The summed E-state index contributed by atoms with van der Waals surface area (Å²) in [6.07, 6.45) is 3.65. The molecule has 1 aromatic heterocycles. The molecular formula is C19H34IN5OS. The minimum absolute atomic E-state index is 0. The molecule has 8 heteroatoms. The maximum Gasteiger partial charge on any atom is 0.193 e. The second kappa shape index (κ2) is 11.5. The van der Waals surface area contributed by atoms with Crippen LogP contribution in [0.1, 0.15) is 30.0 Å². The number of likely N-dealkylation sites (tertiary alicyclic amines) is 1. The number of guanidine groups is 1. The highest BCUT2D eigenvalue weighted by atomic mass is 127. The number of aryl methyl sites for hydroxylation is 1. The minimum atomic E-state index is 0. The Balaban J connectivity index is 0.00000261. The number of aliphatic imine (C=N–C) groups is 1. The van der Waals surface area contributed by atoms with E-state index >= 15 is 0 Å². The molecule has 2 saturated heterocycles. The Hall–Kier alpha value is -0.450. The predicted molar refractivity (Wildman–Crippen MR) is 123 cm³/mol. The van der Waals surface area contributed by atoms with Gasteiger partial charge in [-0.15, -0.1) is 35.3 Å². The fourth-order valence-electron chi connectivity index (χ4n) is 3.88. The number of aromatic nitrogens is 1. The monoisotopic (exact) mass is 507 g/mol. The van der Waals surface area contributed by atoms with Crippen molar-refractivity contribution in [1.82, 2.24) is 20.1 Å². The first kappa shape index (κ1) is 22.8. The number of nitrogens with one attached hydrogen (secondary N) is 1. The molecule has 1 aromatic rings. The molecular weight excluding hydrogens is 473 g/mol. The van der Waals surface area contributed by atoms with Gasteiger partial charge in [-0.2, -0.15) is 0 Å². The third kappa shape index (κ3) is 7.14. The summed E-state index contributed by atoms with van der Waals surface area (Å²) < 4.78 is 5.49. The highest BCUT2D eigenvalue weighted by molar-refractivity contribution is 14.0. The normalized spacial score (nSPS) is 21.9. The number of hydrogen-bond donors (Lipinski definition) is 1. The summed E-state index contributed by atoms with van der Waals surface area (Å²) in [5.41, 5.74) is 1.22. The van der Waals surface area contributed by atoms with Gasteiger partial charge in [0.2, 0.25) is 0 Å². The van der Waals surface area contributed by atoms with E-state index in [2.05, 4.69) is 44.4 Å². The van der Waals surface area contributed by atoms with Crippen LogP contribution in [0.25, 0.3) is 0 Å². The van der Waals surface area contributed by atoms with Gasteiger partial charge in [0.25, 0.3) is 0 Å². The first-order chi connectivity index (χ1) is 12.6. The molecule has 0 spiro atoms. The number of halogens is 1. The van der Waals surface area contributed by atoms with Crippen molar-refractivity contribution in [3.05, 3.63) is 16.1 Å². The van der Waals surface area contributed by atoms with E-state index < -0.39 is 0 Å². The van der Waals surface area contributed by atoms with Crippen LogP contribution in [0.2, 0.25) is 0 Å². The summed E-state index contributed by atoms with van der Waals surface area (Å²) in [5.74, 6) is 2.37. The fraction of sp³-hybridized carbons (Fsp3) is 0.789. The van der Waals surface area contributed by atoms with Gasteiger partial charge >= 0.3 is 0 Å². The Morgan fingerprint density at radius 2 is 2.15 bits per heavy atom. The largest absolute Gasteiger partial charge is 0.381 e. The van der Waals surface area contributed by atoms with Crippen LogP contribution in [0, 0.1) is 18.8 Å². The molecule has 2 fully saturated rings. The van der Waals surface area contributed by atoms with Crippen molar-refractivity contribution >= 4 is 41.3 Å². The first-order valence-electron chi connectivity index (χ1n) is 9.77. The van der Waals surface area contributed by atoms with Gasteiger partial charge < -0.3 is 15.0 Å². The van der Waals surface area contributed by atoms with Crippen LogP contribution >= 0.6 is 35.3 Å². The maximum atomic E-state index is 5.49. The lowest BCUT2D eigenvalue weighted by atomic mass is 9.97. The van der Waals surface area contributed by atoms with E-state index in [0.717, 1.165) is 64.2 Å². The topological polar surface area (TPSA) is 53.0 Å². The van der Waals surface area contributed by atoms with Gasteiger partial charge in [0.1, 0.15) is 0 Å². The Morgan fingerprint density at radius 3 is 2.74 bits per heavy atom. The molecule has 0 bridgehead atoms. The van der Waals surface area contributed by atoms with Crippen LogP contribution in [0.15, 0.2) is 10.4 Å². The lowest BCUT2D eigenvalue weighted by Crippen LogP contribution is -2.44. The van der Waals surface area contributed by atoms with Gasteiger partial charge in [0.05, 0.1) is 17.3 Å². The van der Waals surface area contributed by atoms with Gasteiger partial charge in [0.15, 0.2) is 5.96 Å². The van der Waals surface area contributed by atoms with Crippen LogP contribution in [-0.4, -0.2) is 74.2 Å². The molecule has 3 rings (SSSR count). The standard InChI is InChI=1S/C19H33N5OS.HI/c1-15-22-18(14-26-15)12-24-7-4-16(5-8-24)10-21-19(20-2)23(3)11-17-6-9-25-13-17;/h14,16-17H,4-13H2,1-3H3,(H,20,21);1H. The molecule has 0 aliphatic carbocycles. The van der Waals surface area contributed by atoms with E-state index in [0.29, 0.717) is 5.92 Å². The lowest BCUT2D eigenvalue weighted by Gasteiger charge is -2.32. The zero-order valence-corrected chi connectivity index (χ0v) is 20.0. The predicted octanol–water partition coefficient (Wildman–Crippen LogP) is 2.83. The lowest BCUT2D eigenvalue weighted by molar-refractivity contribution is 0.175. The van der Waals surface area contributed by atoms with E-state index in [1.165, 1.54) is 23.5 Å². The summed E-state index contributed by atoms with van der Waals surface area (Å²) in [7, 11) is 4.01. The summed E-state index contributed by atoms with van der Waals surface area (Å²) >= 11 is 1.75. The van der Waals surface area contributed by atoms with Crippen molar-refractivity contribution in [3.8, 4) is 0 Å². The van der Waals surface area contributed by atoms with Gasteiger partial charge in [-0.05, 0) is 45.2 Å². The zero-order chi connectivity index (χ0) is 18.4. The van der Waals surface area contributed by atoms with Crippen molar-refractivity contribution in [1.29, 1.82) is 0 Å². The average Bonchev–Trinajstić information content (AvgIpc) is 3.28. The van der Waals surface area contributed by atoms with Crippen molar-refractivity contribution < 1.29 is 4.74 Å². The SMILES string of the molecule is CN=C(NCC1CCN(Cc2csc(C)n2)CC1)N(C)CC1CCOC1.I. The summed E-state index contributed by atoms with van der Waals surface area (Å²) in [6, 6.07) is 0. The average molecular weight is 507 g/mol. The Kier molecular flexibility index (Phi) is 9.75. The molecule has 27 heavy (non-hydrogen) atoms. The Labute approximate surface area is 184 Å². The van der Waals surface area contributed by atoms with Crippen molar-refractivity contribution in [2.24, 2.45) is 16.8 Å². The van der Waals surface area contributed by atoms with Crippen LogP contribution in [0.4, 0.5) is 0 Å². The number of thiazole rings is 1. The molecule has 1 atom stereocenters. The second-order valence-corrected chi connectivity index (χ2v) is 8.68. The van der Waals surface area contributed by atoms with Crippen LogP contribution in [-0.2, 0) is 11.3 Å². The van der Waals surface area contributed by atoms with Gasteiger partial charge in [-0.25, -0.2) is 4.98 Å². The van der Waals surface area contributed by atoms with Gasteiger partial charge in [-0.1, -0.05) is 0 Å². The molecule has 1 unspecified atom stereocenters. The van der Waals surface area contributed by atoms with E-state index in [1.54, 1.807) is 11.3 Å². The van der Waals surface area contributed by atoms with Crippen LogP contribution in [0.5, 0.6) is 0 Å². The summed E-state index contributed by atoms with van der Waals surface area (Å²) in [5, 5.41) is 6.94. The van der Waals surface area contributed by atoms with Gasteiger partial charge in [0, 0.05) is 51.6 Å². The van der Waals surface area contributed by atoms with E-state index in [-0.39, 0.29) is 24.0 Å². The molecule has 3 heterocycles. The molecule has 0 amide bonds. The Morgan fingerprint density at radius 1 is 1.37 bits per heavy atom. The van der Waals surface area contributed by atoms with Crippen LogP contribution < -0.4 is 5.32 Å². The highest BCUT2D eigenvalue weighted by Gasteiger charge is 2.22. The number of hydrogen-bond acceptors (Lipinski definition) is 5. The van der Waals surface area contributed by atoms with E-state index in [1.807, 2.05) is 7.05 Å². The molecule has 154 valence electrons.